The maximum Gasteiger partial charge on any atom is 0.410 e. The summed E-state index contributed by atoms with van der Waals surface area (Å²) in [5, 5.41) is 13.6. The number of nitrogens with zero attached hydrogens (tertiary/aromatic N) is 6. The summed E-state index contributed by atoms with van der Waals surface area (Å²) >= 11 is 0. The summed E-state index contributed by atoms with van der Waals surface area (Å²) in [5.41, 5.74) is 2.98. The van der Waals surface area contributed by atoms with E-state index < -0.39 is 5.60 Å². The lowest BCUT2D eigenvalue weighted by atomic mass is 10.1. The number of H-pyrrole nitrogens is 1. The molecule has 0 aromatic carbocycles. The van der Waals surface area contributed by atoms with Crippen LogP contribution in [0, 0.1) is 11.3 Å². The summed E-state index contributed by atoms with van der Waals surface area (Å²) in [6.07, 6.45) is 4.56. The second kappa shape index (κ2) is 8.02. The van der Waals surface area contributed by atoms with E-state index in [1.165, 1.54) is 0 Å². The molecule has 10 nitrogen and oxygen atoms in total. The predicted octanol–water partition coefficient (Wildman–Crippen LogP) is 3.48. The lowest BCUT2D eigenvalue weighted by molar-refractivity contribution is 0.0172. The normalized spacial score (nSPS) is 16.6. The largest absolute Gasteiger partial charge is 0.444 e. The van der Waals surface area contributed by atoms with E-state index in [9.17, 15) is 14.9 Å². The number of ether oxygens (including phenoxy) is 1. The highest BCUT2D eigenvalue weighted by Crippen LogP contribution is 2.28. The van der Waals surface area contributed by atoms with E-state index in [1.807, 2.05) is 32.9 Å². The van der Waals surface area contributed by atoms with Gasteiger partial charge in [-0.1, -0.05) is 0 Å². The first-order valence-electron chi connectivity index (χ1n) is 11.2. The number of aromatic amines is 1. The van der Waals surface area contributed by atoms with Crippen molar-refractivity contribution in [2.24, 2.45) is 0 Å². The number of hydrogen-bond acceptors (Lipinski definition) is 6. The van der Waals surface area contributed by atoms with Crippen LogP contribution in [0.4, 0.5) is 4.79 Å². The number of rotatable bonds is 2. The predicted molar refractivity (Wildman–Crippen MR) is 125 cm³/mol. The van der Waals surface area contributed by atoms with Crippen molar-refractivity contribution in [3.63, 3.8) is 0 Å². The van der Waals surface area contributed by atoms with Crippen LogP contribution in [0.5, 0.6) is 0 Å². The summed E-state index contributed by atoms with van der Waals surface area (Å²) < 4.78 is 8.86. The smallest absolute Gasteiger partial charge is 0.410 e. The zero-order valence-electron chi connectivity index (χ0n) is 19.3. The van der Waals surface area contributed by atoms with Gasteiger partial charge >= 0.3 is 11.8 Å². The molecule has 34 heavy (non-hydrogen) atoms. The molecule has 0 bridgehead atoms. The van der Waals surface area contributed by atoms with Crippen molar-refractivity contribution in [3.05, 3.63) is 52.7 Å². The summed E-state index contributed by atoms with van der Waals surface area (Å²) in [4.78, 5) is 34.9. The minimum absolute atomic E-state index is 0.223. The second-order valence-corrected chi connectivity index (χ2v) is 9.51. The molecule has 5 heterocycles. The number of aromatic nitrogens is 5. The van der Waals surface area contributed by atoms with Gasteiger partial charge in [0.05, 0.1) is 40.6 Å². The molecule has 0 aliphatic carbocycles. The first-order valence-corrected chi connectivity index (χ1v) is 11.2. The zero-order chi connectivity index (χ0) is 24.0. The van der Waals surface area contributed by atoms with E-state index in [4.69, 9.17) is 9.72 Å². The van der Waals surface area contributed by atoms with Crippen molar-refractivity contribution in [2.45, 2.75) is 45.3 Å². The molecule has 0 spiro atoms. The average Bonchev–Trinajstić information content (AvgIpc) is 3.37. The van der Waals surface area contributed by atoms with E-state index in [1.54, 1.807) is 38.5 Å². The third-order valence-corrected chi connectivity index (χ3v) is 5.90. The number of piperidine rings is 1. The first kappa shape index (κ1) is 21.7. The van der Waals surface area contributed by atoms with E-state index in [-0.39, 0.29) is 17.8 Å². The Hall–Kier alpha value is -4.13. The van der Waals surface area contributed by atoms with E-state index in [0.717, 1.165) is 23.9 Å². The number of nitriles is 1. The van der Waals surface area contributed by atoms with Crippen LogP contribution in [0.3, 0.4) is 0 Å². The molecule has 0 radical (unpaired) electrons. The summed E-state index contributed by atoms with van der Waals surface area (Å²) in [7, 11) is 0. The third kappa shape index (κ3) is 3.90. The lowest BCUT2D eigenvalue weighted by Gasteiger charge is -2.34. The number of likely N-dealkylation sites (tertiary alicyclic amines) is 1. The zero-order valence-corrected chi connectivity index (χ0v) is 19.3. The Morgan fingerprint density at radius 2 is 2.12 bits per heavy atom. The van der Waals surface area contributed by atoms with Gasteiger partial charge in [0.25, 0.3) is 0 Å². The number of pyridine rings is 2. The number of imidazole rings is 1. The molecule has 5 rings (SSSR count). The average molecular weight is 460 g/mol. The van der Waals surface area contributed by atoms with E-state index in [0.29, 0.717) is 35.5 Å². The van der Waals surface area contributed by atoms with Crippen LogP contribution >= 0.6 is 0 Å². The molecule has 4 aromatic rings. The molecule has 1 N–H and O–H groups in total. The van der Waals surface area contributed by atoms with Gasteiger partial charge in [-0.3, -0.25) is 4.57 Å². The molecule has 1 aliphatic heterocycles. The fourth-order valence-corrected chi connectivity index (χ4v) is 4.40. The minimum Gasteiger partial charge on any atom is -0.444 e. The second-order valence-electron chi connectivity index (χ2n) is 9.51. The van der Waals surface area contributed by atoms with E-state index >= 15 is 0 Å². The van der Waals surface area contributed by atoms with E-state index in [2.05, 4.69) is 16.2 Å². The first-order chi connectivity index (χ1) is 16.2. The molecular formula is C24H25N7O3. The standard InChI is InChI=1S/C24H25N7O3/c1-24(2,3)34-23(33)29-9-4-5-16(14-29)31-21-19(28-22(31)32)7-6-18(27-21)17-13-26-30-10-8-15(12-25)11-20(17)30/h6-8,10-11,13,16H,4-5,9,14H2,1-3H3,(H,28,32)/t16-/m0/s1. The fraction of sp³-hybridized carbons (Fsp3) is 0.375. The van der Waals surface area contributed by atoms with Crippen LogP contribution in [0.2, 0.25) is 0 Å². The van der Waals surface area contributed by atoms with Crippen molar-refractivity contribution in [1.82, 2.24) is 29.0 Å². The van der Waals surface area contributed by atoms with Gasteiger partial charge in [0.1, 0.15) is 5.60 Å². The molecule has 1 atom stereocenters. The number of hydrogen-bond donors (Lipinski definition) is 1. The fourth-order valence-electron chi connectivity index (χ4n) is 4.40. The Morgan fingerprint density at radius 3 is 2.88 bits per heavy atom. The highest BCUT2D eigenvalue weighted by molar-refractivity contribution is 5.82. The number of carbonyl (C=O) groups excluding carboxylic acids is 1. The van der Waals surface area contributed by atoms with Gasteiger partial charge in [0.2, 0.25) is 0 Å². The number of nitrogens with one attached hydrogen (secondary N) is 1. The number of fused-ring (bicyclic) bond motifs is 2. The van der Waals surface area contributed by atoms with Crippen LogP contribution in [0.25, 0.3) is 27.9 Å². The number of carbonyl (C=O) groups is 1. The van der Waals surface area contributed by atoms with Crippen LogP contribution in [0.15, 0.2) is 41.5 Å². The van der Waals surface area contributed by atoms with Gasteiger partial charge in [0.15, 0.2) is 5.65 Å². The van der Waals surface area contributed by atoms with Gasteiger partial charge in [-0.2, -0.15) is 10.4 Å². The van der Waals surface area contributed by atoms with Gasteiger partial charge in [-0.25, -0.2) is 19.1 Å². The Bertz CT molecular complexity index is 1500. The van der Waals surface area contributed by atoms with Crippen LogP contribution in [-0.4, -0.2) is 53.8 Å². The quantitative estimate of drug-likeness (QED) is 0.490. The summed E-state index contributed by atoms with van der Waals surface area (Å²) in [6.45, 7) is 6.46. The molecule has 0 unspecified atom stereocenters. The summed E-state index contributed by atoms with van der Waals surface area (Å²) in [5.74, 6) is 0. The van der Waals surface area contributed by atoms with Crippen molar-refractivity contribution in [3.8, 4) is 17.3 Å². The van der Waals surface area contributed by atoms with Crippen molar-refractivity contribution < 1.29 is 9.53 Å². The lowest BCUT2D eigenvalue weighted by Crippen LogP contribution is -2.44. The van der Waals surface area contributed by atoms with Gasteiger partial charge in [-0.05, 0) is 57.9 Å². The van der Waals surface area contributed by atoms with Crippen LogP contribution in [0.1, 0.15) is 45.2 Å². The van der Waals surface area contributed by atoms with Gasteiger partial charge in [0, 0.05) is 24.8 Å². The number of amides is 1. The monoisotopic (exact) mass is 459 g/mol. The maximum atomic E-state index is 12.9. The van der Waals surface area contributed by atoms with Crippen molar-refractivity contribution in [1.29, 1.82) is 5.26 Å². The summed E-state index contributed by atoms with van der Waals surface area (Å²) in [6, 6.07) is 9.03. The molecule has 0 saturated carbocycles. The third-order valence-electron chi connectivity index (χ3n) is 5.90. The molecule has 1 aliphatic rings. The van der Waals surface area contributed by atoms with Crippen LogP contribution in [-0.2, 0) is 4.74 Å². The Labute approximate surface area is 195 Å². The Balaban J connectivity index is 1.53. The molecule has 1 saturated heterocycles. The molecular weight excluding hydrogens is 434 g/mol. The van der Waals surface area contributed by atoms with Gasteiger partial charge < -0.3 is 14.6 Å². The SMILES string of the molecule is CC(C)(C)OC(=O)N1CCC[C@H](n2c(=O)[nH]c3ccc(-c4cnn5ccc(C#N)cc45)nc32)C1. The van der Waals surface area contributed by atoms with Crippen molar-refractivity contribution in [2.75, 3.05) is 13.1 Å². The molecule has 4 aromatic heterocycles. The molecule has 174 valence electrons. The topological polar surface area (TPSA) is 121 Å². The maximum absolute atomic E-state index is 12.9. The molecule has 10 heteroatoms. The van der Waals surface area contributed by atoms with Crippen LogP contribution < -0.4 is 5.69 Å². The highest BCUT2D eigenvalue weighted by Gasteiger charge is 2.30. The Morgan fingerprint density at radius 1 is 1.29 bits per heavy atom. The molecule has 1 fully saturated rings. The highest BCUT2D eigenvalue weighted by atomic mass is 16.6. The minimum atomic E-state index is -0.585. The Kier molecular flexibility index (Phi) is 5.12. The van der Waals surface area contributed by atoms with Crippen molar-refractivity contribution >= 4 is 22.8 Å². The molecule has 1 amide bonds. The van der Waals surface area contributed by atoms with Gasteiger partial charge in [-0.15, -0.1) is 0 Å².